The molecular formula is C13H20N2O. The molecule has 0 unspecified atom stereocenters. The molecule has 2 N–H and O–H groups in total. The van der Waals surface area contributed by atoms with Crippen molar-refractivity contribution in [1.29, 1.82) is 0 Å². The van der Waals surface area contributed by atoms with Gasteiger partial charge in [0.2, 0.25) is 0 Å². The number of hydrogen-bond donors (Lipinski definition) is 1. The van der Waals surface area contributed by atoms with Crippen LogP contribution in [-0.4, -0.2) is 20.2 Å². The van der Waals surface area contributed by atoms with Crippen LogP contribution in [0.1, 0.15) is 19.4 Å². The average molecular weight is 220 g/mol. The lowest BCUT2D eigenvalue weighted by Crippen LogP contribution is -2.29. The summed E-state index contributed by atoms with van der Waals surface area (Å²) in [5.74, 6) is 1.49. The first-order valence-electron chi connectivity index (χ1n) is 5.84. The number of nitrogens with zero attached hydrogens (tertiary/aromatic N) is 1. The van der Waals surface area contributed by atoms with Gasteiger partial charge >= 0.3 is 0 Å². The summed E-state index contributed by atoms with van der Waals surface area (Å²) in [5.41, 5.74) is 9.21. The Labute approximate surface area is 97.2 Å². The van der Waals surface area contributed by atoms with Crippen LogP contribution < -0.4 is 15.4 Å². The topological polar surface area (TPSA) is 38.5 Å². The van der Waals surface area contributed by atoms with E-state index in [-0.39, 0.29) is 0 Å². The van der Waals surface area contributed by atoms with E-state index in [1.54, 1.807) is 0 Å². The van der Waals surface area contributed by atoms with Crippen molar-refractivity contribution >= 4 is 11.4 Å². The summed E-state index contributed by atoms with van der Waals surface area (Å²) in [5, 5.41) is 0. The lowest BCUT2D eigenvalue weighted by atomic mass is 10.0. The molecule has 0 bridgehead atoms. The van der Waals surface area contributed by atoms with E-state index in [0.717, 1.165) is 36.7 Å². The average Bonchev–Trinajstić information content (AvgIpc) is 2.19. The van der Waals surface area contributed by atoms with E-state index in [9.17, 15) is 0 Å². The maximum absolute atomic E-state index is 6.03. The van der Waals surface area contributed by atoms with Gasteiger partial charge in [-0.1, -0.05) is 13.8 Å². The SMILES string of the molecule is CC(C)Cc1cc(N)c2c(c1)N(C)CCO2. The van der Waals surface area contributed by atoms with Crippen molar-refractivity contribution in [3.63, 3.8) is 0 Å². The second kappa shape index (κ2) is 4.24. The van der Waals surface area contributed by atoms with E-state index < -0.39 is 0 Å². The lowest BCUT2D eigenvalue weighted by Gasteiger charge is -2.29. The molecule has 0 aliphatic carbocycles. The van der Waals surface area contributed by atoms with Crippen molar-refractivity contribution in [3.8, 4) is 5.75 Å². The van der Waals surface area contributed by atoms with Gasteiger partial charge in [0.15, 0.2) is 5.75 Å². The van der Waals surface area contributed by atoms with Crippen LogP contribution in [-0.2, 0) is 6.42 Å². The van der Waals surface area contributed by atoms with Gasteiger partial charge < -0.3 is 15.4 Å². The van der Waals surface area contributed by atoms with Crippen LogP contribution in [0.25, 0.3) is 0 Å². The summed E-state index contributed by atoms with van der Waals surface area (Å²) in [4.78, 5) is 2.21. The Morgan fingerprint density at radius 1 is 1.44 bits per heavy atom. The molecule has 1 aliphatic rings. The first kappa shape index (κ1) is 11.1. The maximum Gasteiger partial charge on any atom is 0.165 e. The highest BCUT2D eigenvalue weighted by molar-refractivity contribution is 5.72. The van der Waals surface area contributed by atoms with Crippen molar-refractivity contribution in [2.75, 3.05) is 30.8 Å². The predicted molar refractivity (Wildman–Crippen MR) is 68.2 cm³/mol. The van der Waals surface area contributed by atoms with E-state index in [2.05, 4.69) is 31.9 Å². The number of nitrogens with two attached hydrogens (primary N) is 1. The van der Waals surface area contributed by atoms with Crippen molar-refractivity contribution in [2.45, 2.75) is 20.3 Å². The molecule has 88 valence electrons. The third kappa shape index (κ3) is 2.08. The fourth-order valence-electron chi connectivity index (χ4n) is 2.13. The van der Waals surface area contributed by atoms with E-state index in [0.29, 0.717) is 5.92 Å². The molecule has 1 aromatic carbocycles. The second-order valence-corrected chi connectivity index (χ2v) is 4.90. The molecule has 0 atom stereocenters. The highest BCUT2D eigenvalue weighted by Gasteiger charge is 2.18. The summed E-state index contributed by atoms with van der Waals surface area (Å²) in [7, 11) is 2.08. The molecule has 1 aliphatic heterocycles. The van der Waals surface area contributed by atoms with Gasteiger partial charge in [0, 0.05) is 7.05 Å². The number of fused-ring (bicyclic) bond motifs is 1. The summed E-state index contributed by atoms with van der Waals surface area (Å²) in [6.07, 6.45) is 1.06. The molecule has 0 saturated heterocycles. The first-order valence-corrected chi connectivity index (χ1v) is 5.84. The molecule has 0 fully saturated rings. The molecule has 1 aromatic rings. The molecule has 16 heavy (non-hydrogen) atoms. The van der Waals surface area contributed by atoms with E-state index in [4.69, 9.17) is 10.5 Å². The molecule has 0 saturated carbocycles. The molecule has 0 spiro atoms. The van der Waals surface area contributed by atoms with Crippen LogP contribution in [0.15, 0.2) is 12.1 Å². The van der Waals surface area contributed by atoms with Gasteiger partial charge in [-0.2, -0.15) is 0 Å². The number of ether oxygens (including phenoxy) is 1. The van der Waals surface area contributed by atoms with Crippen molar-refractivity contribution in [2.24, 2.45) is 5.92 Å². The largest absolute Gasteiger partial charge is 0.487 e. The zero-order valence-corrected chi connectivity index (χ0v) is 10.3. The number of hydrogen-bond acceptors (Lipinski definition) is 3. The van der Waals surface area contributed by atoms with Gasteiger partial charge in [0.05, 0.1) is 17.9 Å². The Morgan fingerprint density at radius 3 is 2.88 bits per heavy atom. The van der Waals surface area contributed by atoms with Crippen LogP contribution in [0.3, 0.4) is 0 Å². The smallest absolute Gasteiger partial charge is 0.165 e. The zero-order valence-electron chi connectivity index (χ0n) is 10.3. The molecule has 0 aromatic heterocycles. The fourth-order valence-corrected chi connectivity index (χ4v) is 2.13. The highest BCUT2D eigenvalue weighted by atomic mass is 16.5. The third-order valence-electron chi connectivity index (χ3n) is 2.89. The lowest BCUT2D eigenvalue weighted by molar-refractivity contribution is 0.313. The summed E-state index contributed by atoms with van der Waals surface area (Å²) < 4.78 is 5.62. The monoisotopic (exact) mass is 220 g/mol. The molecular weight excluding hydrogens is 200 g/mol. The van der Waals surface area contributed by atoms with Gasteiger partial charge in [-0.05, 0) is 30.0 Å². The summed E-state index contributed by atoms with van der Waals surface area (Å²) in [6, 6.07) is 4.24. The van der Waals surface area contributed by atoms with E-state index in [1.807, 2.05) is 6.07 Å². The Kier molecular flexibility index (Phi) is 2.95. The molecule has 0 amide bonds. The van der Waals surface area contributed by atoms with Crippen molar-refractivity contribution in [1.82, 2.24) is 0 Å². The number of benzene rings is 1. The van der Waals surface area contributed by atoms with Gasteiger partial charge in [-0.15, -0.1) is 0 Å². The maximum atomic E-state index is 6.03. The minimum Gasteiger partial charge on any atom is -0.487 e. The number of nitrogen functional groups attached to an aromatic ring is 1. The molecule has 1 heterocycles. The van der Waals surface area contributed by atoms with Crippen LogP contribution in [0.4, 0.5) is 11.4 Å². The summed E-state index contributed by atoms with van der Waals surface area (Å²) >= 11 is 0. The molecule has 2 rings (SSSR count). The molecule has 3 heteroatoms. The second-order valence-electron chi connectivity index (χ2n) is 4.90. The van der Waals surface area contributed by atoms with E-state index in [1.165, 1.54) is 5.56 Å². The number of likely N-dealkylation sites (N-methyl/N-ethyl adjacent to an activating group) is 1. The van der Waals surface area contributed by atoms with Gasteiger partial charge in [-0.25, -0.2) is 0 Å². The number of rotatable bonds is 2. The van der Waals surface area contributed by atoms with Crippen LogP contribution in [0.2, 0.25) is 0 Å². The van der Waals surface area contributed by atoms with Gasteiger partial charge in [0.25, 0.3) is 0 Å². The van der Waals surface area contributed by atoms with Crippen LogP contribution in [0.5, 0.6) is 5.75 Å². The van der Waals surface area contributed by atoms with Crippen LogP contribution >= 0.6 is 0 Å². The standard InChI is InChI=1S/C13H20N2O/c1-9(2)6-10-7-11(14)13-12(8-10)15(3)4-5-16-13/h7-9H,4-6,14H2,1-3H3. The normalized spacial score (nSPS) is 14.9. The summed E-state index contributed by atoms with van der Waals surface area (Å²) in [6.45, 7) is 6.08. The minimum atomic E-state index is 0.646. The zero-order chi connectivity index (χ0) is 11.7. The van der Waals surface area contributed by atoms with Crippen molar-refractivity contribution < 1.29 is 4.74 Å². The molecule has 0 radical (unpaired) electrons. The Balaban J connectivity index is 2.38. The minimum absolute atomic E-state index is 0.646. The van der Waals surface area contributed by atoms with Crippen LogP contribution in [0, 0.1) is 5.92 Å². The quantitative estimate of drug-likeness (QED) is 0.777. The fraction of sp³-hybridized carbons (Fsp3) is 0.538. The predicted octanol–water partition coefficient (Wildman–Crippen LogP) is 2.30. The Hall–Kier alpha value is -1.38. The van der Waals surface area contributed by atoms with Crippen molar-refractivity contribution in [3.05, 3.63) is 17.7 Å². The molecule has 3 nitrogen and oxygen atoms in total. The Morgan fingerprint density at radius 2 is 2.19 bits per heavy atom. The van der Waals surface area contributed by atoms with Gasteiger partial charge in [0.1, 0.15) is 6.61 Å². The Bertz CT molecular complexity index is 388. The number of anilines is 2. The first-order chi connectivity index (χ1) is 7.58. The van der Waals surface area contributed by atoms with Gasteiger partial charge in [-0.3, -0.25) is 0 Å². The highest BCUT2D eigenvalue weighted by Crippen LogP contribution is 2.37. The van der Waals surface area contributed by atoms with E-state index >= 15 is 0 Å². The third-order valence-corrected chi connectivity index (χ3v) is 2.89.